The molecule has 4 aliphatic heterocycles. The number of likely N-dealkylation sites (tertiary alicyclic amines) is 1. The Labute approximate surface area is 270 Å². The third-order valence-electron chi connectivity index (χ3n) is 9.47. The van der Waals surface area contributed by atoms with E-state index in [2.05, 4.69) is 40.1 Å². The molecule has 0 aliphatic carbocycles. The number of nitrogens with zero attached hydrogens (tertiary/aromatic N) is 6. The van der Waals surface area contributed by atoms with Gasteiger partial charge in [0.25, 0.3) is 0 Å². The number of hydrogen-bond acceptors (Lipinski definition) is 9. The van der Waals surface area contributed by atoms with Crippen LogP contribution in [-0.2, 0) is 17.6 Å². The number of hydrogen-bond donors (Lipinski definition) is 0. The summed E-state index contributed by atoms with van der Waals surface area (Å²) in [5, 5.41) is 0.878. The molecule has 0 spiro atoms. The van der Waals surface area contributed by atoms with Gasteiger partial charge in [-0.2, -0.15) is 9.97 Å². The normalized spacial score (nSPS) is 22.0. The summed E-state index contributed by atoms with van der Waals surface area (Å²) in [6.07, 6.45) is 3.26. The van der Waals surface area contributed by atoms with Crippen molar-refractivity contribution in [3.63, 3.8) is 0 Å². The SMILES string of the molecule is CN1C[C@H](F)C[C@H]1COc1nc(N2CCN(C(=O)OC(C)(C)C)CC2)c2c3c(c(N4CCCc5ccccc54)cc2n1)CCCO3. The molecule has 1 amide bonds. The van der Waals surface area contributed by atoms with Gasteiger partial charge in [-0.15, -0.1) is 0 Å². The first-order valence-corrected chi connectivity index (χ1v) is 16.7. The summed E-state index contributed by atoms with van der Waals surface area (Å²) < 4.78 is 32.5. The Balaban J connectivity index is 1.28. The summed E-state index contributed by atoms with van der Waals surface area (Å²) in [6.45, 7) is 10.1. The first-order valence-electron chi connectivity index (χ1n) is 16.7. The number of ether oxygens (including phenoxy) is 3. The lowest BCUT2D eigenvalue weighted by atomic mass is 9.96. The molecule has 10 nitrogen and oxygen atoms in total. The highest BCUT2D eigenvalue weighted by Gasteiger charge is 2.33. The van der Waals surface area contributed by atoms with E-state index in [0.29, 0.717) is 52.4 Å². The maximum atomic E-state index is 14.1. The van der Waals surface area contributed by atoms with Gasteiger partial charge in [0.05, 0.1) is 23.2 Å². The molecule has 246 valence electrons. The van der Waals surface area contributed by atoms with Crippen molar-refractivity contribution in [2.45, 2.75) is 70.7 Å². The number of rotatable bonds is 5. The highest BCUT2D eigenvalue weighted by atomic mass is 19.1. The fraction of sp³-hybridized carbons (Fsp3) is 0.571. The highest BCUT2D eigenvalue weighted by molar-refractivity contribution is 6.00. The van der Waals surface area contributed by atoms with Gasteiger partial charge in [-0.1, -0.05) is 18.2 Å². The number of carbonyl (C=O) groups excluding carboxylic acids is 1. The molecule has 0 N–H and O–H groups in total. The lowest BCUT2D eigenvalue weighted by Crippen LogP contribution is -2.50. The number of piperazine rings is 1. The molecule has 5 heterocycles. The summed E-state index contributed by atoms with van der Waals surface area (Å²) in [6, 6.07) is 11.0. The van der Waals surface area contributed by atoms with Gasteiger partial charge in [0.1, 0.15) is 29.9 Å². The van der Waals surface area contributed by atoms with Crippen LogP contribution in [0.2, 0.25) is 0 Å². The molecule has 3 aromatic rings. The van der Waals surface area contributed by atoms with Crippen LogP contribution in [0.3, 0.4) is 0 Å². The van der Waals surface area contributed by atoms with Gasteiger partial charge in [-0.25, -0.2) is 9.18 Å². The predicted octanol–water partition coefficient (Wildman–Crippen LogP) is 5.52. The molecule has 7 rings (SSSR count). The number of para-hydroxylation sites is 1. The van der Waals surface area contributed by atoms with E-state index in [1.54, 1.807) is 4.90 Å². The summed E-state index contributed by atoms with van der Waals surface area (Å²) in [5.41, 5.74) is 5.09. The maximum Gasteiger partial charge on any atom is 0.410 e. The monoisotopic (exact) mass is 632 g/mol. The molecule has 2 saturated heterocycles. The number of alkyl halides is 1. The van der Waals surface area contributed by atoms with E-state index >= 15 is 0 Å². The van der Waals surface area contributed by atoms with E-state index in [9.17, 15) is 9.18 Å². The fourth-order valence-electron chi connectivity index (χ4n) is 7.20. The van der Waals surface area contributed by atoms with Crippen molar-refractivity contribution in [2.24, 2.45) is 0 Å². The van der Waals surface area contributed by atoms with Crippen LogP contribution in [0.4, 0.5) is 26.4 Å². The van der Waals surface area contributed by atoms with Gasteiger partial charge < -0.3 is 28.9 Å². The van der Waals surface area contributed by atoms with Crippen molar-refractivity contribution >= 4 is 34.2 Å². The Kier molecular flexibility index (Phi) is 8.29. The van der Waals surface area contributed by atoms with Crippen molar-refractivity contribution in [1.29, 1.82) is 0 Å². The molecule has 2 fully saturated rings. The van der Waals surface area contributed by atoms with E-state index in [1.807, 2.05) is 32.7 Å². The largest absolute Gasteiger partial charge is 0.492 e. The van der Waals surface area contributed by atoms with E-state index in [4.69, 9.17) is 24.2 Å². The second kappa shape index (κ2) is 12.4. The van der Waals surface area contributed by atoms with E-state index in [-0.39, 0.29) is 18.1 Å². The second-order valence-corrected chi connectivity index (χ2v) is 14.0. The minimum atomic E-state index is -0.855. The lowest BCUT2D eigenvalue weighted by Gasteiger charge is -2.37. The van der Waals surface area contributed by atoms with Crippen molar-refractivity contribution in [2.75, 3.05) is 69.3 Å². The van der Waals surface area contributed by atoms with Gasteiger partial charge in [0.2, 0.25) is 0 Å². The average Bonchev–Trinajstić information content (AvgIpc) is 3.38. The van der Waals surface area contributed by atoms with E-state index in [0.717, 1.165) is 60.4 Å². The first-order chi connectivity index (χ1) is 22.1. The number of benzene rings is 2. The van der Waals surface area contributed by atoms with Crippen molar-refractivity contribution < 1.29 is 23.4 Å². The summed E-state index contributed by atoms with van der Waals surface area (Å²) >= 11 is 0. The number of aromatic nitrogens is 2. The van der Waals surface area contributed by atoms with Crippen molar-refractivity contribution in [1.82, 2.24) is 19.8 Å². The van der Waals surface area contributed by atoms with Gasteiger partial charge in [-0.3, -0.25) is 4.90 Å². The zero-order valence-corrected chi connectivity index (χ0v) is 27.4. The molecule has 1 aromatic heterocycles. The number of fused-ring (bicyclic) bond motifs is 4. The first kappa shape index (κ1) is 30.8. The zero-order valence-electron chi connectivity index (χ0n) is 27.4. The zero-order chi connectivity index (χ0) is 32.0. The lowest BCUT2D eigenvalue weighted by molar-refractivity contribution is 0.0240. The smallest absolute Gasteiger partial charge is 0.410 e. The number of aryl methyl sites for hydroxylation is 1. The third-order valence-corrected chi connectivity index (χ3v) is 9.47. The van der Waals surface area contributed by atoms with E-state index in [1.165, 1.54) is 16.8 Å². The fourth-order valence-corrected chi connectivity index (χ4v) is 7.20. The number of amides is 1. The quantitative estimate of drug-likeness (QED) is 0.361. The average molecular weight is 633 g/mol. The Hall–Kier alpha value is -3.86. The standard InChI is InChI=1S/C35H45FN6O4/c1-35(2,3)46-34(43)41-16-14-40(15-17-41)32-30-27(37-33(38-32)45-22-25-19-24(36)21-39(25)4)20-29(26-11-8-18-44-31(26)30)42-13-7-10-23-9-5-6-12-28(23)42/h5-6,9,12,20,24-25H,7-8,10-11,13-19,21-22H2,1-4H3/t24-,25+/m1/s1. The predicted molar refractivity (Wildman–Crippen MR) is 177 cm³/mol. The molecule has 2 atom stereocenters. The van der Waals surface area contributed by atoms with Crippen molar-refractivity contribution in [3.8, 4) is 11.8 Å². The van der Waals surface area contributed by atoms with Gasteiger partial charge in [0, 0.05) is 56.6 Å². The van der Waals surface area contributed by atoms with Crippen molar-refractivity contribution in [3.05, 3.63) is 41.5 Å². The van der Waals surface area contributed by atoms with Gasteiger partial charge in [0.15, 0.2) is 0 Å². The van der Waals surface area contributed by atoms with Crippen LogP contribution in [0.1, 0.15) is 51.2 Å². The molecule has 0 radical (unpaired) electrons. The van der Waals surface area contributed by atoms with Gasteiger partial charge >= 0.3 is 12.1 Å². The Morgan fingerprint density at radius 2 is 1.85 bits per heavy atom. The van der Waals surface area contributed by atoms with Crippen LogP contribution in [0.5, 0.6) is 11.8 Å². The summed E-state index contributed by atoms with van der Waals surface area (Å²) in [5.74, 6) is 1.59. The topological polar surface area (TPSA) is 83.5 Å². The number of anilines is 3. The highest BCUT2D eigenvalue weighted by Crippen LogP contribution is 2.46. The van der Waals surface area contributed by atoms with Crippen LogP contribution in [0.15, 0.2) is 30.3 Å². The van der Waals surface area contributed by atoms with Crippen LogP contribution >= 0.6 is 0 Å². The molecular weight excluding hydrogens is 587 g/mol. The van der Waals surface area contributed by atoms with Crippen LogP contribution in [0.25, 0.3) is 10.9 Å². The molecule has 0 saturated carbocycles. The second-order valence-electron chi connectivity index (χ2n) is 14.0. The maximum absolute atomic E-state index is 14.1. The van der Waals surface area contributed by atoms with Crippen LogP contribution < -0.4 is 19.3 Å². The summed E-state index contributed by atoms with van der Waals surface area (Å²) in [4.78, 5) is 31.2. The molecular formula is C35H45FN6O4. The molecule has 11 heteroatoms. The number of halogens is 1. The van der Waals surface area contributed by atoms with Crippen LogP contribution in [-0.4, -0.2) is 103 Å². The Morgan fingerprint density at radius 3 is 2.61 bits per heavy atom. The molecule has 2 aromatic carbocycles. The molecule has 46 heavy (non-hydrogen) atoms. The number of likely N-dealkylation sites (N-methyl/N-ethyl adjacent to an activating group) is 1. The van der Waals surface area contributed by atoms with E-state index < -0.39 is 11.8 Å². The molecule has 0 unspecified atom stereocenters. The minimum absolute atomic E-state index is 0.0394. The molecule has 0 bridgehead atoms. The molecule has 4 aliphatic rings. The Morgan fingerprint density at radius 1 is 1.04 bits per heavy atom. The van der Waals surface area contributed by atoms with Crippen LogP contribution in [0, 0.1) is 0 Å². The summed E-state index contributed by atoms with van der Waals surface area (Å²) in [7, 11) is 1.93. The minimum Gasteiger partial charge on any atom is -0.492 e. The third kappa shape index (κ3) is 6.13. The van der Waals surface area contributed by atoms with Gasteiger partial charge in [-0.05, 0) is 77.6 Å². The Bertz CT molecular complexity index is 1600. The number of carbonyl (C=O) groups is 1.